The summed E-state index contributed by atoms with van der Waals surface area (Å²) < 4.78 is 34.1. The fourth-order valence-electron chi connectivity index (χ4n) is 7.71. The number of hydrogen-bond acceptors (Lipinski definition) is 8. The summed E-state index contributed by atoms with van der Waals surface area (Å²) in [7, 11) is 1.17. The van der Waals surface area contributed by atoms with E-state index in [9.17, 15) is 19.0 Å². The fourth-order valence-corrected chi connectivity index (χ4v) is 8.43. The topological polar surface area (TPSA) is 111 Å². The van der Waals surface area contributed by atoms with E-state index in [1.54, 1.807) is 0 Å². The lowest BCUT2D eigenvalue weighted by atomic mass is 10.1. The molecule has 0 rings (SSSR count). The van der Waals surface area contributed by atoms with Crippen molar-refractivity contribution in [1.82, 2.24) is 0 Å². The molecule has 10 heteroatoms. The lowest BCUT2D eigenvalue weighted by Crippen LogP contribution is -2.37. The van der Waals surface area contributed by atoms with Crippen molar-refractivity contribution in [2.45, 2.75) is 264 Å². The average molecular weight is 926 g/mol. The Balaban J connectivity index is 4.21. The fraction of sp³-hybridized carbons (Fsp3) is 0.889. The first-order valence-corrected chi connectivity index (χ1v) is 28.5. The van der Waals surface area contributed by atoms with Gasteiger partial charge in [0.1, 0.15) is 19.8 Å². The van der Waals surface area contributed by atoms with Gasteiger partial charge in [-0.15, -0.1) is 0 Å². The van der Waals surface area contributed by atoms with Crippen molar-refractivity contribution in [3.63, 3.8) is 0 Å². The summed E-state index contributed by atoms with van der Waals surface area (Å²) in [5.74, 6) is -0.827. The van der Waals surface area contributed by atoms with Gasteiger partial charge in [0.15, 0.2) is 6.10 Å². The standard InChI is InChI=1S/C54H104NO8P/c1-6-8-10-12-14-16-18-20-22-24-26-27-29-31-33-35-37-39-41-43-45-47-54(57)63-52(51-62-64(58,59)61-49-48-55(3,4)5)50-60-53(56)46-44-42-40-38-36-34-32-30-28-25-23-21-19-17-15-13-11-9-7-2/h21,23-24,26,52H,6-20,22,25,27-51H2,1-5H3/b23-21-,26-24-. The maximum absolute atomic E-state index is 12.8. The van der Waals surface area contributed by atoms with Crippen LogP contribution in [0.5, 0.6) is 0 Å². The van der Waals surface area contributed by atoms with Gasteiger partial charge in [0.2, 0.25) is 0 Å². The summed E-state index contributed by atoms with van der Waals surface area (Å²) in [6.07, 6.45) is 53.5. The number of likely N-dealkylation sites (N-methyl/N-ethyl adjacent to an activating group) is 1. The Morgan fingerprint density at radius 1 is 0.469 bits per heavy atom. The number of ether oxygens (including phenoxy) is 2. The second-order valence-electron chi connectivity index (χ2n) is 19.6. The maximum atomic E-state index is 12.8. The summed E-state index contributed by atoms with van der Waals surface area (Å²) in [6.45, 7) is 4.26. The SMILES string of the molecule is CCCCCCCC/C=C\CCCCCCCCCCCC(=O)OCC(COP(=O)([O-])OCC[N+](C)(C)C)OC(=O)CCCCCCCCCCC/C=C\CCCCCCCCCC. The molecule has 2 unspecified atom stereocenters. The molecule has 2 atom stereocenters. The normalized spacial score (nSPS) is 13.5. The van der Waals surface area contributed by atoms with Crippen molar-refractivity contribution in [2.75, 3.05) is 47.5 Å². The molecule has 0 aliphatic heterocycles. The number of carbonyl (C=O) groups excluding carboxylic acids is 2. The smallest absolute Gasteiger partial charge is 0.306 e. The van der Waals surface area contributed by atoms with Gasteiger partial charge in [-0.25, -0.2) is 0 Å². The molecule has 0 fully saturated rings. The van der Waals surface area contributed by atoms with Gasteiger partial charge in [0.05, 0.1) is 27.7 Å². The Hall–Kier alpha value is -1.51. The molecule has 0 radical (unpaired) electrons. The van der Waals surface area contributed by atoms with Crippen LogP contribution in [0.4, 0.5) is 0 Å². The second-order valence-corrected chi connectivity index (χ2v) is 21.0. The van der Waals surface area contributed by atoms with E-state index in [4.69, 9.17) is 18.5 Å². The van der Waals surface area contributed by atoms with Crippen LogP contribution >= 0.6 is 7.82 Å². The van der Waals surface area contributed by atoms with E-state index in [1.807, 2.05) is 21.1 Å². The Morgan fingerprint density at radius 2 is 0.797 bits per heavy atom. The third-order valence-corrected chi connectivity index (χ3v) is 12.9. The molecule has 9 nitrogen and oxygen atoms in total. The minimum atomic E-state index is -4.63. The van der Waals surface area contributed by atoms with E-state index >= 15 is 0 Å². The van der Waals surface area contributed by atoms with Crippen LogP contribution in [0.2, 0.25) is 0 Å². The van der Waals surface area contributed by atoms with Crippen LogP contribution in [0.15, 0.2) is 24.3 Å². The summed E-state index contributed by atoms with van der Waals surface area (Å²) >= 11 is 0. The van der Waals surface area contributed by atoms with E-state index in [1.165, 1.54) is 186 Å². The molecule has 0 aliphatic rings. The molecule has 0 aromatic heterocycles. The Bertz CT molecular complexity index is 1140. The molecule has 0 amide bonds. The predicted molar refractivity (Wildman–Crippen MR) is 268 cm³/mol. The highest BCUT2D eigenvalue weighted by Gasteiger charge is 2.21. The van der Waals surface area contributed by atoms with Gasteiger partial charge in [-0.3, -0.25) is 14.2 Å². The Morgan fingerprint density at radius 3 is 1.16 bits per heavy atom. The molecule has 0 spiro atoms. The summed E-state index contributed by atoms with van der Waals surface area (Å²) in [6, 6.07) is 0. The largest absolute Gasteiger partial charge is 0.756 e. The van der Waals surface area contributed by atoms with Crippen molar-refractivity contribution in [1.29, 1.82) is 0 Å². The van der Waals surface area contributed by atoms with Crippen LogP contribution in [-0.2, 0) is 32.7 Å². The molecule has 0 heterocycles. The van der Waals surface area contributed by atoms with Crippen LogP contribution in [0.25, 0.3) is 0 Å². The van der Waals surface area contributed by atoms with Gasteiger partial charge < -0.3 is 27.9 Å². The number of nitrogens with zero attached hydrogens (tertiary/aromatic N) is 1. The van der Waals surface area contributed by atoms with Crippen molar-refractivity contribution in [2.24, 2.45) is 0 Å². The zero-order valence-electron chi connectivity index (χ0n) is 42.7. The van der Waals surface area contributed by atoms with Crippen molar-refractivity contribution >= 4 is 19.8 Å². The zero-order chi connectivity index (χ0) is 47.1. The number of unbranched alkanes of at least 4 members (excludes halogenated alkanes) is 32. The van der Waals surface area contributed by atoms with Gasteiger partial charge in [0.25, 0.3) is 7.82 Å². The van der Waals surface area contributed by atoms with Gasteiger partial charge in [-0.2, -0.15) is 0 Å². The number of rotatable bonds is 50. The molecule has 0 saturated heterocycles. The first-order chi connectivity index (χ1) is 31.0. The number of esters is 2. The Labute approximate surface area is 396 Å². The van der Waals surface area contributed by atoms with Crippen molar-refractivity contribution in [3.8, 4) is 0 Å². The van der Waals surface area contributed by atoms with E-state index in [0.29, 0.717) is 17.4 Å². The van der Waals surface area contributed by atoms with E-state index < -0.39 is 26.5 Å². The third kappa shape index (κ3) is 49.9. The van der Waals surface area contributed by atoms with E-state index in [0.717, 1.165) is 38.5 Å². The van der Waals surface area contributed by atoms with Gasteiger partial charge in [-0.1, -0.05) is 205 Å². The highest BCUT2D eigenvalue weighted by atomic mass is 31.2. The number of phosphoric acid groups is 1. The number of allylic oxidation sites excluding steroid dienone is 4. The molecule has 0 saturated carbocycles. The highest BCUT2D eigenvalue weighted by Crippen LogP contribution is 2.38. The summed E-state index contributed by atoms with van der Waals surface area (Å²) in [4.78, 5) is 37.8. The predicted octanol–water partition coefficient (Wildman–Crippen LogP) is 15.6. The monoisotopic (exact) mass is 926 g/mol. The molecular formula is C54H104NO8P. The first kappa shape index (κ1) is 62.5. The number of carbonyl (C=O) groups is 2. The van der Waals surface area contributed by atoms with Crippen LogP contribution in [0, 0.1) is 0 Å². The molecular weight excluding hydrogens is 822 g/mol. The first-order valence-electron chi connectivity index (χ1n) is 27.0. The van der Waals surface area contributed by atoms with Crippen LogP contribution in [-0.4, -0.2) is 70.0 Å². The molecule has 0 aliphatic carbocycles. The minimum Gasteiger partial charge on any atom is -0.756 e. The third-order valence-electron chi connectivity index (χ3n) is 11.9. The molecule has 64 heavy (non-hydrogen) atoms. The van der Waals surface area contributed by atoms with Gasteiger partial charge in [0, 0.05) is 12.8 Å². The molecule has 0 N–H and O–H groups in total. The van der Waals surface area contributed by atoms with Crippen LogP contribution < -0.4 is 4.89 Å². The zero-order valence-corrected chi connectivity index (χ0v) is 43.6. The highest BCUT2D eigenvalue weighted by molar-refractivity contribution is 7.45. The van der Waals surface area contributed by atoms with E-state index in [2.05, 4.69) is 38.2 Å². The maximum Gasteiger partial charge on any atom is 0.306 e. The lowest BCUT2D eigenvalue weighted by Gasteiger charge is -2.28. The molecule has 0 aromatic rings. The number of phosphoric ester groups is 1. The summed E-state index contributed by atoms with van der Waals surface area (Å²) in [5.41, 5.74) is 0. The minimum absolute atomic E-state index is 0.0297. The molecule has 378 valence electrons. The molecule has 0 bridgehead atoms. The van der Waals surface area contributed by atoms with Crippen molar-refractivity contribution < 1.29 is 42.1 Å². The average Bonchev–Trinajstić information content (AvgIpc) is 3.25. The Kier molecular flexibility index (Phi) is 45.5. The number of hydrogen-bond donors (Lipinski definition) is 0. The quantitative estimate of drug-likeness (QED) is 0.0195. The molecule has 0 aromatic carbocycles. The van der Waals surface area contributed by atoms with Gasteiger partial charge >= 0.3 is 11.9 Å². The van der Waals surface area contributed by atoms with Crippen LogP contribution in [0.1, 0.15) is 258 Å². The van der Waals surface area contributed by atoms with Gasteiger partial charge in [-0.05, 0) is 64.2 Å². The second kappa shape index (κ2) is 46.6. The van der Waals surface area contributed by atoms with E-state index in [-0.39, 0.29) is 32.0 Å². The number of quaternary nitrogens is 1. The summed E-state index contributed by atoms with van der Waals surface area (Å²) in [5, 5.41) is 0. The van der Waals surface area contributed by atoms with Crippen molar-refractivity contribution in [3.05, 3.63) is 24.3 Å². The lowest BCUT2D eigenvalue weighted by molar-refractivity contribution is -0.870. The van der Waals surface area contributed by atoms with Crippen LogP contribution in [0.3, 0.4) is 0 Å².